The number of nitrogens with two attached hydrogens (primary N) is 1. The van der Waals surface area contributed by atoms with Crippen LogP contribution in [0.4, 0.5) is 15.8 Å². The van der Waals surface area contributed by atoms with Gasteiger partial charge in [-0.05, 0) is 72.1 Å². The van der Waals surface area contributed by atoms with E-state index in [1.54, 1.807) is 30.3 Å². The predicted octanol–water partition coefficient (Wildman–Crippen LogP) is 4.51. The number of halogens is 1. The molecule has 42 heavy (non-hydrogen) atoms. The third-order valence-corrected chi connectivity index (χ3v) is 10.0. The van der Waals surface area contributed by atoms with Gasteiger partial charge in [-0.3, -0.25) is 9.59 Å². The van der Waals surface area contributed by atoms with E-state index in [9.17, 15) is 30.8 Å². The molecule has 1 heterocycles. The van der Waals surface area contributed by atoms with Crippen LogP contribution >= 0.6 is 0 Å². The molecule has 216 valence electrons. The van der Waals surface area contributed by atoms with Crippen LogP contribution < -0.4 is 14.8 Å². The molecule has 0 aliphatic rings. The van der Waals surface area contributed by atoms with Crippen molar-refractivity contribution in [3.63, 3.8) is 0 Å². The number of hydrogen-bond donors (Lipinski definition) is 3. The number of rotatable bonds is 7. The maximum Gasteiger partial charge on any atom is 0.255 e. The number of amides is 2. The molecule has 0 fully saturated rings. The number of anilines is 2. The Morgan fingerprint density at radius 1 is 0.881 bits per heavy atom. The second kappa shape index (κ2) is 10.3. The molecular weight excluding hydrogens is 583 g/mol. The topological polar surface area (TPSA) is 159 Å². The van der Waals surface area contributed by atoms with E-state index in [0.29, 0.717) is 47.9 Å². The lowest BCUT2D eigenvalue weighted by atomic mass is 9.93. The first-order valence-corrected chi connectivity index (χ1v) is 16.1. The van der Waals surface area contributed by atoms with Crippen molar-refractivity contribution in [1.29, 1.82) is 0 Å². The van der Waals surface area contributed by atoms with Crippen LogP contribution in [0.2, 0.25) is 0 Å². The summed E-state index contributed by atoms with van der Waals surface area (Å²) in [6.45, 7) is 1.81. The lowest BCUT2D eigenvalue weighted by Gasteiger charge is -2.19. The number of nitrogens with one attached hydrogen (secondary N) is 2. The average molecular weight is 609 g/mol. The zero-order valence-electron chi connectivity index (χ0n) is 22.6. The van der Waals surface area contributed by atoms with Crippen LogP contribution in [-0.4, -0.2) is 46.1 Å². The van der Waals surface area contributed by atoms with Gasteiger partial charge in [0.05, 0.1) is 29.3 Å². The number of fused-ring (bicyclic) bond motifs is 3. The zero-order chi connectivity index (χ0) is 30.6. The molecule has 0 saturated carbocycles. The van der Waals surface area contributed by atoms with Crippen molar-refractivity contribution in [1.82, 2.24) is 4.98 Å². The maximum atomic E-state index is 13.3. The van der Waals surface area contributed by atoms with Gasteiger partial charge in [0.1, 0.15) is 5.82 Å². The number of hydrogen-bond acceptors (Lipinski definition) is 6. The molecule has 5 aromatic rings. The second-order valence-corrected chi connectivity index (χ2v) is 13.7. The van der Waals surface area contributed by atoms with Crippen molar-refractivity contribution >= 4 is 65.0 Å². The summed E-state index contributed by atoms with van der Waals surface area (Å²) in [6.07, 6.45) is 1.58. The molecule has 1 aromatic heterocycles. The van der Waals surface area contributed by atoms with E-state index in [0.717, 1.165) is 12.5 Å². The Kier molecular flexibility index (Phi) is 7.03. The van der Waals surface area contributed by atoms with Crippen molar-refractivity contribution in [3.8, 4) is 11.1 Å². The molecule has 4 N–H and O–H groups in total. The van der Waals surface area contributed by atoms with Gasteiger partial charge >= 0.3 is 0 Å². The van der Waals surface area contributed by atoms with Crippen LogP contribution in [0.15, 0.2) is 72.8 Å². The third kappa shape index (κ3) is 5.19. The largest absolute Gasteiger partial charge is 0.366 e. The molecule has 4 aromatic carbocycles. The third-order valence-electron chi connectivity index (χ3n) is 6.79. The van der Waals surface area contributed by atoms with E-state index in [1.165, 1.54) is 36.4 Å². The van der Waals surface area contributed by atoms with E-state index >= 15 is 0 Å². The first-order chi connectivity index (χ1) is 19.7. The number of sulfonamides is 2. The van der Waals surface area contributed by atoms with E-state index in [-0.39, 0.29) is 16.8 Å². The highest BCUT2D eigenvalue weighted by Crippen LogP contribution is 2.40. The summed E-state index contributed by atoms with van der Waals surface area (Å²) in [5, 5.41) is 4.01. The SMILES string of the molecule is Cc1c(NC(=O)c2ccc(F)cc2)cccc1-c1ccc(C(N)=O)c2[nH]c3cc(N(S(C)(=O)=O)S(C)(=O)=O)ccc3c12. The van der Waals surface area contributed by atoms with Crippen molar-refractivity contribution in [3.05, 3.63) is 95.3 Å². The molecule has 13 heteroatoms. The lowest BCUT2D eigenvalue weighted by Crippen LogP contribution is -2.35. The summed E-state index contributed by atoms with van der Waals surface area (Å²) in [5.41, 5.74) is 9.34. The molecule has 5 rings (SSSR count). The summed E-state index contributed by atoms with van der Waals surface area (Å²) < 4.78 is 63.0. The monoisotopic (exact) mass is 608 g/mol. The Balaban J connectivity index is 1.70. The number of aromatic amines is 1. The van der Waals surface area contributed by atoms with Crippen LogP contribution in [0.3, 0.4) is 0 Å². The number of aromatic nitrogens is 1. The second-order valence-electron chi connectivity index (χ2n) is 9.79. The van der Waals surface area contributed by atoms with E-state index in [2.05, 4.69) is 10.3 Å². The number of primary amides is 1. The minimum absolute atomic E-state index is 0.108. The zero-order valence-corrected chi connectivity index (χ0v) is 24.2. The maximum absolute atomic E-state index is 13.3. The van der Waals surface area contributed by atoms with Gasteiger partial charge in [-0.2, -0.15) is 3.71 Å². The molecule has 0 spiro atoms. The molecule has 0 unspecified atom stereocenters. The van der Waals surface area contributed by atoms with E-state index in [4.69, 9.17) is 5.73 Å². The normalized spacial score (nSPS) is 12.0. The summed E-state index contributed by atoms with van der Waals surface area (Å²) >= 11 is 0. The van der Waals surface area contributed by atoms with Crippen molar-refractivity contribution in [2.75, 3.05) is 21.5 Å². The fourth-order valence-corrected chi connectivity index (χ4v) is 7.99. The Bertz CT molecular complexity index is 2110. The van der Waals surface area contributed by atoms with E-state index in [1.807, 2.05) is 13.0 Å². The van der Waals surface area contributed by atoms with Crippen LogP contribution in [0.1, 0.15) is 26.3 Å². The first-order valence-electron chi connectivity index (χ1n) is 12.4. The highest BCUT2D eigenvalue weighted by molar-refractivity contribution is 8.09. The van der Waals surface area contributed by atoms with Crippen LogP contribution in [0.25, 0.3) is 32.9 Å². The lowest BCUT2D eigenvalue weighted by molar-refractivity contribution is 0.0998. The Labute approximate surface area is 241 Å². The van der Waals surface area contributed by atoms with Crippen molar-refractivity contribution in [2.24, 2.45) is 5.73 Å². The average Bonchev–Trinajstić information content (AvgIpc) is 3.27. The van der Waals surface area contributed by atoms with Gasteiger partial charge in [0.2, 0.25) is 20.0 Å². The number of nitrogens with zero attached hydrogens (tertiary/aromatic N) is 1. The van der Waals surface area contributed by atoms with Crippen molar-refractivity contribution in [2.45, 2.75) is 6.92 Å². The molecule has 0 atom stereocenters. The van der Waals surface area contributed by atoms with Gasteiger partial charge in [-0.1, -0.05) is 24.3 Å². The van der Waals surface area contributed by atoms with Crippen LogP contribution in [0, 0.1) is 12.7 Å². The molecule has 0 saturated heterocycles. The predicted molar refractivity (Wildman–Crippen MR) is 161 cm³/mol. The fraction of sp³-hybridized carbons (Fsp3) is 0.103. The quantitative estimate of drug-likeness (QED) is 0.246. The van der Waals surface area contributed by atoms with Gasteiger partial charge < -0.3 is 16.0 Å². The van der Waals surface area contributed by atoms with Crippen LogP contribution in [0.5, 0.6) is 0 Å². The van der Waals surface area contributed by atoms with E-state index < -0.39 is 37.7 Å². The Hall–Kier alpha value is -4.75. The van der Waals surface area contributed by atoms with Gasteiger partial charge in [0.25, 0.3) is 11.8 Å². The minimum atomic E-state index is -4.19. The fourth-order valence-electron chi connectivity index (χ4n) is 5.03. The molecule has 0 aliphatic heterocycles. The standard InChI is InChI=1S/C29H25FN4O6S2/c1-16-20(5-4-6-24(16)33-29(36)17-7-9-18(30)10-8-17)21-13-14-23(28(31)35)27-26(21)22-12-11-19(15-25(22)32-27)34(41(2,37)38)42(3,39)40/h4-15,32H,1-3H3,(H2,31,35)(H,33,36). The minimum Gasteiger partial charge on any atom is -0.366 e. The number of benzene rings is 4. The van der Waals surface area contributed by atoms with Gasteiger partial charge in [-0.25, -0.2) is 21.2 Å². The molecule has 2 amide bonds. The molecule has 0 aliphatic carbocycles. The van der Waals surface area contributed by atoms with Gasteiger partial charge in [-0.15, -0.1) is 0 Å². The Morgan fingerprint density at radius 3 is 2.17 bits per heavy atom. The first kappa shape index (κ1) is 28.8. The summed E-state index contributed by atoms with van der Waals surface area (Å²) in [6, 6.07) is 18.0. The summed E-state index contributed by atoms with van der Waals surface area (Å²) in [5.74, 6) is -1.59. The number of H-pyrrole nitrogens is 1. The number of carbonyl (C=O) groups is 2. The summed E-state index contributed by atoms with van der Waals surface area (Å²) in [4.78, 5) is 28.3. The van der Waals surface area contributed by atoms with Gasteiger partial charge in [0.15, 0.2) is 0 Å². The smallest absolute Gasteiger partial charge is 0.255 e. The van der Waals surface area contributed by atoms with Crippen LogP contribution in [-0.2, 0) is 20.0 Å². The highest BCUT2D eigenvalue weighted by Gasteiger charge is 2.28. The molecule has 0 bridgehead atoms. The molecule has 0 radical (unpaired) electrons. The highest BCUT2D eigenvalue weighted by atomic mass is 32.3. The van der Waals surface area contributed by atoms with Gasteiger partial charge in [0, 0.05) is 27.5 Å². The number of carbonyl (C=O) groups excluding carboxylic acids is 2. The molecular formula is C29H25FN4O6S2. The Morgan fingerprint density at radius 2 is 1.55 bits per heavy atom. The van der Waals surface area contributed by atoms with Crippen molar-refractivity contribution < 1.29 is 30.8 Å². The summed E-state index contributed by atoms with van der Waals surface area (Å²) in [7, 11) is -8.37. The molecule has 10 nitrogen and oxygen atoms in total.